The molecule has 1 heterocycles. The van der Waals surface area contributed by atoms with E-state index in [-0.39, 0.29) is 30.3 Å². The zero-order chi connectivity index (χ0) is 40.0. The number of nitrogens with one attached hydrogen (secondary N) is 3. The maximum atomic E-state index is 14.4. The van der Waals surface area contributed by atoms with Gasteiger partial charge >= 0.3 is 6.09 Å². The highest BCUT2D eigenvalue weighted by Gasteiger charge is 2.42. The maximum absolute atomic E-state index is 14.4. The summed E-state index contributed by atoms with van der Waals surface area (Å²) in [7, 11) is 0. The summed E-state index contributed by atoms with van der Waals surface area (Å²) >= 11 is 0. The zero-order valence-electron chi connectivity index (χ0n) is 33.7. The minimum absolute atomic E-state index is 0.131. The molecular formula is C42H61N4O9. The highest BCUT2D eigenvalue weighted by Crippen LogP contribution is 2.33. The van der Waals surface area contributed by atoms with Gasteiger partial charge in [-0.2, -0.15) is 0 Å². The molecule has 55 heavy (non-hydrogen) atoms. The third kappa shape index (κ3) is 13.8. The lowest BCUT2D eigenvalue weighted by Gasteiger charge is -2.41. The van der Waals surface area contributed by atoms with E-state index < -0.39 is 29.2 Å². The molecule has 2 aliphatic rings. The predicted molar refractivity (Wildman–Crippen MR) is 208 cm³/mol. The first-order valence-corrected chi connectivity index (χ1v) is 19.4. The van der Waals surface area contributed by atoms with Crippen molar-refractivity contribution in [1.82, 2.24) is 20.9 Å². The number of aryl methyl sites for hydroxylation is 1. The molecule has 3 N–H and O–H groups in total. The lowest BCUT2D eigenvalue weighted by Crippen LogP contribution is -2.60. The van der Waals surface area contributed by atoms with Crippen LogP contribution in [-0.2, 0) is 52.7 Å². The van der Waals surface area contributed by atoms with Crippen molar-refractivity contribution in [3.8, 4) is 5.75 Å². The van der Waals surface area contributed by atoms with E-state index in [2.05, 4.69) is 28.1 Å². The summed E-state index contributed by atoms with van der Waals surface area (Å²) < 4.78 is 27.8. The molecule has 1 radical (unpaired) electrons. The number of carbonyl (C=O) groups excluding carboxylic acids is 4. The highest BCUT2D eigenvalue weighted by molar-refractivity contribution is 5.94. The van der Waals surface area contributed by atoms with Crippen molar-refractivity contribution in [2.45, 2.75) is 104 Å². The monoisotopic (exact) mass is 765 g/mol. The van der Waals surface area contributed by atoms with Crippen LogP contribution in [0.15, 0.2) is 42.5 Å². The second-order valence-corrected chi connectivity index (χ2v) is 16.0. The van der Waals surface area contributed by atoms with Crippen LogP contribution in [0.3, 0.4) is 0 Å². The number of hydrogen-bond acceptors (Lipinski definition) is 9. The minimum Gasteiger partial charge on any atom is -0.491 e. The first-order valence-electron chi connectivity index (χ1n) is 19.4. The number of carbonyl (C=O) groups is 4. The predicted octanol–water partition coefficient (Wildman–Crippen LogP) is 4.84. The Kier molecular flexibility index (Phi) is 16.3. The van der Waals surface area contributed by atoms with Crippen molar-refractivity contribution in [2.24, 2.45) is 5.41 Å². The van der Waals surface area contributed by atoms with Gasteiger partial charge in [0.15, 0.2) is 0 Å². The summed E-state index contributed by atoms with van der Waals surface area (Å²) in [4.78, 5) is 54.3. The van der Waals surface area contributed by atoms with Crippen LogP contribution >= 0.6 is 0 Å². The first kappa shape index (κ1) is 43.5. The number of hydrogen-bond donors (Lipinski definition) is 3. The summed E-state index contributed by atoms with van der Waals surface area (Å²) in [5.41, 5.74) is 3.07. The van der Waals surface area contributed by atoms with Crippen LogP contribution in [0, 0.1) is 11.8 Å². The van der Waals surface area contributed by atoms with E-state index in [1.165, 1.54) is 12.0 Å². The van der Waals surface area contributed by atoms with Gasteiger partial charge in [-0.15, -0.1) is 0 Å². The van der Waals surface area contributed by atoms with Crippen molar-refractivity contribution in [1.29, 1.82) is 0 Å². The Balaban J connectivity index is 1.29. The van der Waals surface area contributed by atoms with Gasteiger partial charge in [0, 0.05) is 25.9 Å². The zero-order valence-corrected chi connectivity index (χ0v) is 33.7. The standard InChI is InChI=1S/C42H61N4O9/c1-8-36(47)45-37(41(2,3)4)39(49)46-28-31-26-32(54-25-24-53-23-22-52-21-20-51-19-18-43-40(50)55-42(5,6)7)17-16-30(31)27-35(46)38(48)44-34-15-11-13-29-12-9-10-14-33(29)34/h8-10,12,14,16-17,26,34-35,37H,11,13,15,18-25,27-28H2,1-7H3,(H,43,50)(H,44,48)(H,45,47)/t34-,35+,37-/m1/s1. The Bertz CT molecular complexity index is 1590. The Morgan fingerprint density at radius 2 is 1.53 bits per heavy atom. The van der Waals surface area contributed by atoms with Gasteiger partial charge in [0.05, 0.1) is 45.7 Å². The number of fused-ring (bicyclic) bond motifs is 2. The lowest BCUT2D eigenvalue weighted by atomic mass is 9.83. The third-order valence-corrected chi connectivity index (χ3v) is 9.40. The summed E-state index contributed by atoms with van der Waals surface area (Å²) in [5.74, 6) is -0.220. The molecule has 1 aliphatic heterocycles. The molecule has 0 bridgehead atoms. The van der Waals surface area contributed by atoms with E-state index >= 15 is 0 Å². The molecule has 13 nitrogen and oxygen atoms in total. The van der Waals surface area contributed by atoms with Crippen LogP contribution in [0.2, 0.25) is 0 Å². The minimum atomic E-state index is -0.843. The Labute approximate surface area is 326 Å². The van der Waals surface area contributed by atoms with Gasteiger partial charge in [0.2, 0.25) is 17.7 Å². The largest absolute Gasteiger partial charge is 0.491 e. The molecule has 303 valence electrons. The van der Waals surface area contributed by atoms with Crippen molar-refractivity contribution >= 4 is 23.8 Å². The van der Waals surface area contributed by atoms with E-state index in [0.717, 1.165) is 36.0 Å². The van der Waals surface area contributed by atoms with Crippen LogP contribution in [0.5, 0.6) is 5.75 Å². The SMILES string of the molecule is C[CH]C(=O)N[C@H](C(=O)N1Cc2cc(OCCOCCOCCOCCNC(=O)OC(C)(C)C)ccc2C[C@H]1C(=O)N[C@@H]1CCCc2ccccc21)C(C)(C)C. The van der Waals surface area contributed by atoms with E-state index in [9.17, 15) is 19.2 Å². The fourth-order valence-electron chi connectivity index (χ4n) is 6.63. The molecular weight excluding hydrogens is 704 g/mol. The number of nitrogens with zero attached hydrogens (tertiary/aromatic N) is 1. The fraction of sp³-hybridized carbons (Fsp3) is 0.595. The van der Waals surface area contributed by atoms with Gasteiger partial charge in [-0.25, -0.2) is 4.79 Å². The van der Waals surface area contributed by atoms with Crippen molar-refractivity contribution in [3.63, 3.8) is 0 Å². The van der Waals surface area contributed by atoms with E-state index in [4.69, 9.17) is 23.7 Å². The Morgan fingerprint density at radius 3 is 2.20 bits per heavy atom. The molecule has 0 saturated heterocycles. The number of rotatable bonds is 18. The smallest absolute Gasteiger partial charge is 0.407 e. The van der Waals surface area contributed by atoms with Gasteiger partial charge < -0.3 is 44.5 Å². The van der Waals surface area contributed by atoms with Crippen molar-refractivity contribution < 1.29 is 42.9 Å². The van der Waals surface area contributed by atoms with E-state index in [0.29, 0.717) is 65.0 Å². The second-order valence-electron chi connectivity index (χ2n) is 16.0. The molecule has 0 unspecified atom stereocenters. The topological polar surface area (TPSA) is 154 Å². The van der Waals surface area contributed by atoms with Crippen molar-refractivity contribution in [2.75, 3.05) is 52.8 Å². The number of alkyl carbamates (subject to hydrolysis) is 1. The molecule has 0 saturated carbocycles. The first-order chi connectivity index (χ1) is 26.2. The summed E-state index contributed by atoms with van der Waals surface area (Å²) in [6.07, 6.45) is 4.04. The Morgan fingerprint density at radius 1 is 0.855 bits per heavy atom. The molecule has 2 aromatic carbocycles. The summed E-state index contributed by atoms with van der Waals surface area (Å²) in [5, 5.41) is 8.80. The molecule has 3 atom stereocenters. The quantitative estimate of drug-likeness (QED) is 0.181. The van der Waals surface area contributed by atoms with Gasteiger partial charge in [-0.1, -0.05) is 58.0 Å². The van der Waals surface area contributed by atoms with Gasteiger partial charge in [-0.05, 0) is 79.8 Å². The highest BCUT2D eigenvalue weighted by atomic mass is 16.6. The molecule has 0 spiro atoms. The molecule has 4 amide bonds. The molecule has 0 fully saturated rings. The number of ether oxygens (including phenoxy) is 5. The van der Waals surface area contributed by atoms with E-state index in [1.807, 2.05) is 71.9 Å². The van der Waals surface area contributed by atoms with Gasteiger partial charge in [0.1, 0.15) is 30.0 Å². The average Bonchev–Trinajstić information content (AvgIpc) is 3.13. The molecule has 2 aromatic rings. The van der Waals surface area contributed by atoms with Crippen LogP contribution in [0.4, 0.5) is 4.79 Å². The van der Waals surface area contributed by atoms with Gasteiger partial charge in [0.25, 0.3) is 0 Å². The van der Waals surface area contributed by atoms with E-state index in [1.54, 1.807) is 11.8 Å². The van der Waals surface area contributed by atoms with Crippen molar-refractivity contribution in [3.05, 3.63) is 71.1 Å². The number of benzene rings is 2. The molecule has 1 aliphatic carbocycles. The number of amides is 4. The normalized spacial score (nSPS) is 17.3. The lowest BCUT2D eigenvalue weighted by molar-refractivity contribution is -0.147. The summed E-state index contributed by atoms with van der Waals surface area (Å²) in [6.45, 7) is 15.9. The van der Waals surface area contributed by atoms with Crippen LogP contribution < -0.4 is 20.7 Å². The summed E-state index contributed by atoms with van der Waals surface area (Å²) in [6, 6.07) is 12.2. The fourth-order valence-corrected chi connectivity index (χ4v) is 6.63. The maximum Gasteiger partial charge on any atom is 0.407 e. The molecule has 4 rings (SSSR count). The average molecular weight is 766 g/mol. The third-order valence-electron chi connectivity index (χ3n) is 9.40. The van der Waals surface area contributed by atoms with Crippen LogP contribution in [0.25, 0.3) is 0 Å². The van der Waals surface area contributed by atoms with Gasteiger partial charge in [-0.3, -0.25) is 14.4 Å². The molecule has 0 aromatic heterocycles. The van der Waals surface area contributed by atoms with Crippen LogP contribution in [0.1, 0.15) is 89.6 Å². The molecule has 13 heteroatoms. The second kappa shape index (κ2) is 20.6. The Hall–Kier alpha value is -4.20. The van der Waals surface area contributed by atoms with Crippen LogP contribution in [-0.4, -0.2) is 99.2 Å².